The number of benzene rings is 2. The van der Waals surface area contributed by atoms with Crippen molar-refractivity contribution in [1.82, 2.24) is 4.90 Å². The highest BCUT2D eigenvalue weighted by Gasteiger charge is 2.33. The van der Waals surface area contributed by atoms with E-state index in [1.54, 1.807) is 34.9 Å². The zero-order valence-corrected chi connectivity index (χ0v) is 18.5. The molecule has 3 aromatic rings. The van der Waals surface area contributed by atoms with E-state index in [9.17, 15) is 9.59 Å². The maximum atomic E-state index is 13.1. The van der Waals surface area contributed by atoms with Crippen molar-refractivity contribution in [1.29, 1.82) is 0 Å². The summed E-state index contributed by atoms with van der Waals surface area (Å²) in [7, 11) is 0. The number of amides is 1. The summed E-state index contributed by atoms with van der Waals surface area (Å²) in [6, 6.07) is 12.6. The number of halogens is 3. The van der Waals surface area contributed by atoms with Gasteiger partial charge in [-0.1, -0.05) is 39.7 Å². The molecule has 0 N–H and O–H groups in total. The molecule has 4 rings (SSSR count). The Morgan fingerprint density at radius 1 is 1.22 bits per heavy atom. The number of carbonyl (C=O) groups excluding carboxylic acids is 1. The average molecular weight is 530 g/mol. The third-order valence-corrected chi connectivity index (χ3v) is 6.81. The lowest BCUT2D eigenvalue weighted by atomic mass is 10.1. The molecule has 0 radical (unpaired) electrons. The molecule has 0 spiro atoms. The molecule has 1 aromatic heterocycles. The number of carbonyl (C=O) groups is 1. The normalized spacial score (nSPS) is 16.9. The molecule has 0 saturated carbocycles. The molecule has 8 heteroatoms. The zero-order valence-electron chi connectivity index (χ0n) is 13.7. The molecule has 138 valence electrons. The number of hydrogen-bond acceptors (Lipinski definition) is 4. The average Bonchev–Trinajstić information content (AvgIpc) is 3.11. The standard InChI is InChI=1S/C19H12Br2ClNO3S/c20-12-6-11-8-14(19(25)26-16(11)15(21)9-12)17(24)23-4-5-27-18(23)10-2-1-3-13(22)7-10/h1-3,6-9,18H,4-5H2/t18-/m1/s1. The molecule has 2 aromatic carbocycles. The van der Waals surface area contributed by atoms with E-state index in [0.29, 0.717) is 27.0 Å². The molecule has 0 unspecified atom stereocenters. The third kappa shape index (κ3) is 3.70. The predicted molar refractivity (Wildman–Crippen MR) is 116 cm³/mol. The van der Waals surface area contributed by atoms with Gasteiger partial charge in [-0.25, -0.2) is 4.79 Å². The Kier molecular flexibility index (Phi) is 5.38. The SMILES string of the molecule is O=C(c1cc2cc(Br)cc(Br)c2oc1=O)N1CCS[C@@H]1c1cccc(Cl)c1. The van der Waals surface area contributed by atoms with E-state index in [0.717, 1.165) is 15.8 Å². The van der Waals surface area contributed by atoms with Crippen molar-refractivity contribution in [2.75, 3.05) is 12.3 Å². The highest BCUT2D eigenvalue weighted by Crippen LogP contribution is 2.39. The Balaban J connectivity index is 1.75. The zero-order chi connectivity index (χ0) is 19.1. The second-order valence-corrected chi connectivity index (χ2v) is 9.42. The molecule has 1 saturated heterocycles. The van der Waals surface area contributed by atoms with Crippen LogP contribution in [0.4, 0.5) is 0 Å². The fourth-order valence-electron chi connectivity index (χ4n) is 3.08. The van der Waals surface area contributed by atoms with Gasteiger partial charge in [0.2, 0.25) is 0 Å². The van der Waals surface area contributed by atoms with Gasteiger partial charge in [0.05, 0.1) is 4.47 Å². The first-order chi connectivity index (χ1) is 12.9. The number of rotatable bonds is 2. The lowest BCUT2D eigenvalue weighted by Gasteiger charge is -2.24. The van der Waals surface area contributed by atoms with Crippen LogP contribution in [-0.4, -0.2) is 23.1 Å². The Morgan fingerprint density at radius 3 is 2.81 bits per heavy atom. The maximum Gasteiger partial charge on any atom is 0.349 e. The monoisotopic (exact) mass is 527 g/mol. The van der Waals surface area contributed by atoms with Crippen LogP contribution in [-0.2, 0) is 0 Å². The molecule has 1 fully saturated rings. The lowest BCUT2D eigenvalue weighted by molar-refractivity contribution is 0.0756. The fraction of sp³-hybridized carbons (Fsp3) is 0.158. The summed E-state index contributed by atoms with van der Waals surface area (Å²) in [6.07, 6.45) is 0. The second kappa shape index (κ2) is 7.62. The first-order valence-corrected chi connectivity index (χ1v) is 11.1. The number of fused-ring (bicyclic) bond motifs is 1. The Labute approximate surface area is 181 Å². The van der Waals surface area contributed by atoms with Crippen molar-refractivity contribution >= 4 is 72.1 Å². The molecule has 1 atom stereocenters. The van der Waals surface area contributed by atoms with Crippen LogP contribution in [0.3, 0.4) is 0 Å². The molecule has 4 nitrogen and oxygen atoms in total. The van der Waals surface area contributed by atoms with Crippen LogP contribution in [0.5, 0.6) is 0 Å². The Morgan fingerprint density at radius 2 is 2.04 bits per heavy atom. The Bertz CT molecular complexity index is 1120. The highest BCUT2D eigenvalue weighted by atomic mass is 79.9. The van der Waals surface area contributed by atoms with Gasteiger partial charge in [0.25, 0.3) is 5.91 Å². The number of hydrogen-bond donors (Lipinski definition) is 0. The molecule has 2 heterocycles. The minimum atomic E-state index is -0.641. The van der Waals surface area contributed by atoms with Crippen molar-refractivity contribution in [2.45, 2.75) is 5.37 Å². The minimum absolute atomic E-state index is 0.0297. The molecule has 1 aliphatic heterocycles. The molecule has 0 bridgehead atoms. The summed E-state index contributed by atoms with van der Waals surface area (Å²) in [4.78, 5) is 27.3. The minimum Gasteiger partial charge on any atom is -0.421 e. The van der Waals surface area contributed by atoms with E-state index < -0.39 is 5.63 Å². The summed E-state index contributed by atoms with van der Waals surface area (Å²) < 4.78 is 6.89. The summed E-state index contributed by atoms with van der Waals surface area (Å²) in [6.45, 7) is 0.556. The summed E-state index contributed by atoms with van der Waals surface area (Å²) >= 11 is 14.5. The van der Waals surface area contributed by atoms with E-state index in [1.807, 2.05) is 24.3 Å². The first kappa shape index (κ1) is 19.1. The van der Waals surface area contributed by atoms with Gasteiger partial charge < -0.3 is 9.32 Å². The summed E-state index contributed by atoms with van der Waals surface area (Å²) in [5.74, 6) is 0.454. The first-order valence-electron chi connectivity index (χ1n) is 8.05. The van der Waals surface area contributed by atoms with Crippen molar-refractivity contribution in [3.8, 4) is 0 Å². The van der Waals surface area contributed by atoms with Crippen molar-refractivity contribution in [3.05, 3.63) is 78.0 Å². The molecule has 1 amide bonds. The third-order valence-electron chi connectivity index (χ3n) is 4.27. The van der Waals surface area contributed by atoms with Crippen molar-refractivity contribution in [3.63, 3.8) is 0 Å². The van der Waals surface area contributed by atoms with E-state index in [4.69, 9.17) is 16.0 Å². The van der Waals surface area contributed by atoms with Crippen molar-refractivity contribution in [2.24, 2.45) is 0 Å². The lowest BCUT2D eigenvalue weighted by Crippen LogP contribution is -2.33. The number of thioether (sulfide) groups is 1. The molecular formula is C19H12Br2ClNO3S. The van der Waals surface area contributed by atoms with Crippen LogP contribution in [0, 0.1) is 0 Å². The van der Waals surface area contributed by atoms with E-state index in [2.05, 4.69) is 31.9 Å². The van der Waals surface area contributed by atoms with Crippen LogP contribution in [0.15, 0.2) is 60.6 Å². The number of nitrogens with zero attached hydrogens (tertiary/aromatic N) is 1. The van der Waals surface area contributed by atoms with Gasteiger partial charge >= 0.3 is 5.63 Å². The van der Waals surface area contributed by atoms with Gasteiger partial charge in [-0.15, -0.1) is 11.8 Å². The molecular weight excluding hydrogens is 518 g/mol. The van der Waals surface area contributed by atoms with E-state index in [1.165, 1.54) is 0 Å². The smallest absolute Gasteiger partial charge is 0.349 e. The topological polar surface area (TPSA) is 50.5 Å². The van der Waals surface area contributed by atoms with Gasteiger partial charge in [0, 0.05) is 27.2 Å². The Hall–Kier alpha value is -1.28. The van der Waals surface area contributed by atoms with Crippen LogP contribution in [0.25, 0.3) is 11.0 Å². The van der Waals surface area contributed by atoms with E-state index >= 15 is 0 Å². The largest absolute Gasteiger partial charge is 0.421 e. The molecule has 0 aliphatic carbocycles. The van der Waals surface area contributed by atoms with Gasteiger partial charge in [-0.05, 0) is 51.8 Å². The van der Waals surface area contributed by atoms with Gasteiger partial charge in [-0.3, -0.25) is 4.79 Å². The second-order valence-electron chi connectivity index (χ2n) is 6.03. The summed E-state index contributed by atoms with van der Waals surface area (Å²) in [5.41, 5.74) is 0.746. The van der Waals surface area contributed by atoms with Gasteiger partial charge in [0.1, 0.15) is 10.9 Å². The quantitative estimate of drug-likeness (QED) is 0.391. The van der Waals surface area contributed by atoms with Gasteiger partial charge in [-0.2, -0.15) is 0 Å². The van der Waals surface area contributed by atoms with Crippen LogP contribution in [0.2, 0.25) is 5.02 Å². The van der Waals surface area contributed by atoms with Gasteiger partial charge in [0.15, 0.2) is 5.58 Å². The van der Waals surface area contributed by atoms with Crippen molar-refractivity contribution < 1.29 is 9.21 Å². The molecule has 27 heavy (non-hydrogen) atoms. The van der Waals surface area contributed by atoms with Crippen LogP contribution >= 0.6 is 55.2 Å². The molecule has 1 aliphatic rings. The predicted octanol–water partition coefficient (Wildman–Crippen LogP) is 5.86. The van der Waals surface area contributed by atoms with E-state index in [-0.39, 0.29) is 16.8 Å². The van der Waals surface area contributed by atoms with Crippen LogP contribution in [0.1, 0.15) is 21.3 Å². The fourth-order valence-corrected chi connectivity index (χ4v) is 5.86. The van der Waals surface area contributed by atoms with Crippen LogP contribution < -0.4 is 5.63 Å². The highest BCUT2D eigenvalue weighted by molar-refractivity contribution is 9.11. The maximum absolute atomic E-state index is 13.1. The summed E-state index contributed by atoms with van der Waals surface area (Å²) in [5, 5.41) is 1.11.